The zero-order valence-corrected chi connectivity index (χ0v) is 17.3. The van der Waals surface area contributed by atoms with Gasteiger partial charge in [0.2, 0.25) is 11.8 Å². The van der Waals surface area contributed by atoms with Gasteiger partial charge in [0.05, 0.1) is 0 Å². The fourth-order valence-electron chi connectivity index (χ4n) is 4.53. The lowest BCUT2D eigenvalue weighted by Gasteiger charge is -2.47. The Bertz CT molecular complexity index is 694. The normalized spacial score (nSPS) is 20.4. The number of benzene rings is 1. The molecule has 0 saturated carbocycles. The molecule has 2 aliphatic rings. The maximum atomic E-state index is 12.8. The maximum Gasteiger partial charge on any atom is 0.248 e. The third-order valence-corrected chi connectivity index (χ3v) is 6.14. The fourth-order valence-corrected chi connectivity index (χ4v) is 4.53. The van der Waals surface area contributed by atoms with Crippen molar-refractivity contribution in [3.05, 3.63) is 29.8 Å². The Morgan fingerprint density at radius 2 is 1.89 bits per heavy atom. The van der Waals surface area contributed by atoms with Gasteiger partial charge in [0.1, 0.15) is 18.0 Å². The maximum absolute atomic E-state index is 12.8. The Morgan fingerprint density at radius 3 is 2.54 bits per heavy atom. The van der Waals surface area contributed by atoms with E-state index in [0.29, 0.717) is 19.5 Å². The first-order valence-electron chi connectivity index (χ1n) is 10.3. The van der Waals surface area contributed by atoms with Gasteiger partial charge in [0, 0.05) is 58.5 Å². The summed E-state index contributed by atoms with van der Waals surface area (Å²) in [5.74, 6) is 1.28. The SMILES string of the molecule is CCN(CC)C(=O)C[C@H]1CC2(CCN(C(=O)COC)CC2)Oc2ccccc21. The van der Waals surface area contributed by atoms with E-state index in [1.54, 1.807) is 7.11 Å². The molecule has 0 aromatic heterocycles. The van der Waals surface area contributed by atoms with Gasteiger partial charge in [0.25, 0.3) is 0 Å². The van der Waals surface area contributed by atoms with Crippen LogP contribution >= 0.6 is 0 Å². The first kappa shape index (κ1) is 20.6. The lowest BCUT2D eigenvalue weighted by atomic mass is 9.76. The minimum atomic E-state index is -0.299. The molecular weight excluding hydrogens is 356 g/mol. The van der Waals surface area contributed by atoms with Gasteiger partial charge in [-0.1, -0.05) is 18.2 Å². The van der Waals surface area contributed by atoms with Gasteiger partial charge in [-0.3, -0.25) is 9.59 Å². The summed E-state index contributed by atoms with van der Waals surface area (Å²) in [6, 6.07) is 8.09. The van der Waals surface area contributed by atoms with E-state index in [2.05, 4.69) is 6.07 Å². The van der Waals surface area contributed by atoms with Crippen molar-refractivity contribution >= 4 is 11.8 Å². The summed E-state index contributed by atoms with van der Waals surface area (Å²) < 4.78 is 11.5. The molecule has 28 heavy (non-hydrogen) atoms. The number of nitrogens with zero attached hydrogens (tertiary/aromatic N) is 2. The van der Waals surface area contributed by atoms with E-state index < -0.39 is 0 Å². The Labute approximate surface area is 167 Å². The van der Waals surface area contributed by atoms with Crippen molar-refractivity contribution in [3.8, 4) is 5.75 Å². The van der Waals surface area contributed by atoms with Crippen LogP contribution in [0.3, 0.4) is 0 Å². The average Bonchev–Trinajstić information content (AvgIpc) is 2.69. The molecule has 3 rings (SSSR count). The third-order valence-electron chi connectivity index (χ3n) is 6.14. The van der Waals surface area contributed by atoms with E-state index in [0.717, 1.165) is 43.7 Å². The smallest absolute Gasteiger partial charge is 0.248 e. The quantitative estimate of drug-likeness (QED) is 0.752. The molecule has 6 heteroatoms. The molecule has 1 fully saturated rings. The molecule has 1 aromatic carbocycles. The number of fused-ring (bicyclic) bond motifs is 1. The molecular formula is C22H32N2O4. The van der Waals surface area contributed by atoms with Crippen LogP contribution in [0.15, 0.2) is 24.3 Å². The van der Waals surface area contributed by atoms with E-state index in [-0.39, 0.29) is 29.9 Å². The highest BCUT2D eigenvalue weighted by Crippen LogP contribution is 2.46. The molecule has 6 nitrogen and oxygen atoms in total. The number of para-hydroxylation sites is 1. The molecule has 0 aliphatic carbocycles. The van der Waals surface area contributed by atoms with Crippen molar-refractivity contribution in [2.45, 2.75) is 51.0 Å². The van der Waals surface area contributed by atoms with Gasteiger partial charge in [-0.15, -0.1) is 0 Å². The molecule has 2 aliphatic heterocycles. The van der Waals surface area contributed by atoms with Crippen LogP contribution in [0.1, 0.15) is 51.0 Å². The molecule has 1 saturated heterocycles. The van der Waals surface area contributed by atoms with Crippen molar-refractivity contribution < 1.29 is 19.1 Å². The molecule has 1 aromatic rings. The van der Waals surface area contributed by atoms with Crippen LogP contribution in [0.25, 0.3) is 0 Å². The summed E-state index contributed by atoms with van der Waals surface area (Å²) in [5, 5.41) is 0. The van der Waals surface area contributed by atoms with Crippen molar-refractivity contribution in [1.82, 2.24) is 9.80 Å². The number of ether oxygens (including phenoxy) is 2. The van der Waals surface area contributed by atoms with Crippen LogP contribution < -0.4 is 4.74 Å². The molecule has 0 bridgehead atoms. The highest BCUT2D eigenvalue weighted by molar-refractivity contribution is 5.78. The lowest BCUT2D eigenvalue weighted by Crippen LogP contribution is -2.52. The summed E-state index contributed by atoms with van der Waals surface area (Å²) in [6.07, 6.45) is 2.90. The Kier molecular flexibility index (Phi) is 6.60. The summed E-state index contributed by atoms with van der Waals surface area (Å²) >= 11 is 0. The largest absolute Gasteiger partial charge is 0.487 e. The van der Waals surface area contributed by atoms with Gasteiger partial charge in [0.15, 0.2) is 0 Å². The van der Waals surface area contributed by atoms with E-state index >= 15 is 0 Å². The number of amides is 2. The Hall–Kier alpha value is -2.08. The molecule has 0 unspecified atom stereocenters. The monoisotopic (exact) mass is 388 g/mol. The number of carbonyl (C=O) groups excluding carboxylic acids is 2. The number of rotatable bonds is 6. The highest BCUT2D eigenvalue weighted by atomic mass is 16.5. The Balaban J connectivity index is 1.76. The van der Waals surface area contributed by atoms with E-state index in [1.165, 1.54) is 0 Å². The van der Waals surface area contributed by atoms with E-state index in [4.69, 9.17) is 9.47 Å². The fraction of sp³-hybridized carbons (Fsp3) is 0.636. The van der Waals surface area contributed by atoms with Gasteiger partial charge in [-0.2, -0.15) is 0 Å². The minimum absolute atomic E-state index is 0.0295. The molecule has 154 valence electrons. The first-order chi connectivity index (χ1) is 13.5. The molecule has 2 amide bonds. The molecule has 0 radical (unpaired) electrons. The summed E-state index contributed by atoms with van der Waals surface area (Å²) in [4.78, 5) is 28.7. The van der Waals surface area contributed by atoms with Crippen LogP contribution in [0.5, 0.6) is 5.75 Å². The predicted octanol–water partition coefficient (Wildman–Crippen LogP) is 2.82. The van der Waals surface area contributed by atoms with Gasteiger partial charge < -0.3 is 19.3 Å². The second-order valence-corrected chi connectivity index (χ2v) is 7.81. The van der Waals surface area contributed by atoms with Crippen LogP contribution in [0.2, 0.25) is 0 Å². The summed E-state index contributed by atoms with van der Waals surface area (Å²) in [7, 11) is 1.54. The van der Waals surface area contributed by atoms with Gasteiger partial charge in [-0.05, 0) is 31.9 Å². The van der Waals surface area contributed by atoms with Crippen LogP contribution in [-0.2, 0) is 14.3 Å². The average molecular weight is 389 g/mol. The second kappa shape index (κ2) is 8.95. The van der Waals surface area contributed by atoms with Crippen molar-refractivity contribution in [2.24, 2.45) is 0 Å². The lowest BCUT2D eigenvalue weighted by molar-refractivity contribution is -0.139. The Morgan fingerprint density at radius 1 is 1.21 bits per heavy atom. The molecule has 2 heterocycles. The van der Waals surface area contributed by atoms with Gasteiger partial charge >= 0.3 is 0 Å². The molecule has 0 N–H and O–H groups in total. The number of hydrogen-bond acceptors (Lipinski definition) is 4. The number of likely N-dealkylation sites (tertiary alicyclic amines) is 1. The van der Waals surface area contributed by atoms with Crippen LogP contribution in [-0.4, -0.2) is 67.1 Å². The molecule has 1 atom stereocenters. The highest BCUT2D eigenvalue weighted by Gasteiger charge is 2.44. The predicted molar refractivity (Wildman–Crippen MR) is 107 cm³/mol. The van der Waals surface area contributed by atoms with Crippen molar-refractivity contribution in [3.63, 3.8) is 0 Å². The number of hydrogen-bond donors (Lipinski definition) is 0. The minimum Gasteiger partial charge on any atom is -0.487 e. The standard InChI is InChI=1S/C22H32N2O4/c1-4-23(5-2)20(25)14-17-15-22(28-19-9-7-6-8-18(17)19)10-12-24(13-11-22)21(26)16-27-3/h6-9,17H,4-5,10-16H2,1-3H3/t17-/m0/s1. The number of methoxy groups -OCH3 is 1. The zero-order chi connectivity index (χ0) is 20.1. The van der Waals surface area contributed by atoms with Crippen LogP contribution in [0.4, 0.5) is 0 Å². The second-order valence-electron chi connectivity index (χ2n) is 7.81. The summed E-state index contributed by atoms with van der Waals surface area (Å²) in [5.41, 5.74) is 0.832. The van der Waals surface area contributed by atoms with Crippen LogP contribution in [0, 0.1) is 0 Å². The van der Waals surface area contributed by atoms with E-state index in [1.807, 2.05) is 41.8 Å². The van der Waals surface area contributed by atoms with E-state index in [9.17, 15) is 9.59 Å². The van der Waals surface area contributed by atoms with Crippen molar-refractivity contribution in [1.29, 1.82) is 0 Å². The molecule has 1 spiro atoms. The topological polar surface area (TPSA) is 59.1 Å². The third kappa shape index (κ3) is 4.32. The first-order valence-corrected chi connectivity index (χ1v) is 10.3. The number of carbonyl (C=O) groups is 2. The number of piperidine rings is 1. The summed E-state index contributed by atoms with van der Waals surface area (Å²) in [6.45, 7) is 6.98. The van der Waals surface area contributed by atoms with Gasteiger partial charge in [-0.25, -0.2) is 0 Å². The zero-order valence-electron chi connectivity index (χ0n) is 17.3. The van der Waals surface area contributed by atoms with Crippen molar-refractivity contribution in [2.75, 3.05) is 39.9 Å².